The third-order valence-corrected chi connectivity index (χ3v) is 5.18. The topological polar surface area (TPSA) is 65.5 Å². The number of thiophene rings is 1. The van der Waals surface area contributed by atoms with Crippen LogP contribution in [-0.2, 0) is 6.54 Å². The van der Waals surface area contributed by atoms with Crippen LogP contribution >= 0.6 is 22.7 Å². The number of aromatic nitrogens is 1. The third kappa shape index (κ3) is 4.08. The highest BCUT2D eigenvalue weighted by atomic mass is 32.1. The van der Waals surface area contributed by atoms with Crippen LogP contribution in [-0.4, -0.2) is 52.9 Å². The molecule has 0 saturated carbocycles. The average molecular weight is 350 g/mol. The lowest BCUT2D eigenvalue weighted by atomic mass is 10.3. The fourth-order valence-corrected chi connectivity index (χ4v) is 3.68. The van der Waals surface area contributed by atoms with Crippen molar-refractivity contribution in [2.24, 2.45) is 0 Å². The van der Waals surface area contributed by atoms with Crippen LogP contribution in [0.3, 0.4) is 0 Å². The number of carbonyl (C=O) groups is 2. The van der Waals surface area contributed by atoms with Gasteiger partial charge in [0.2, 0.25) is 0 Å². The first-order valence-corrected chi connectivity index (χ1v) is 9.29. The van der Waals surface area contributed by atoms with E-state index in [-0.39, 0.29) is 11.9 Å². The van der Waals surface area contributed by atoms with Gasteiger partial charge in [-0.2, -0.15) is 11.3 Å². The quantitative estimate of drug-likeness (QED) is 0.923. The van der Waals surface area contributed by atoms with Gasteiger partial charge in [0.15, 0.2) is 0 Å². The highest BCUT2D eigenvalue weighted by Crippen LogP contribution is 2.12. The van der Waals surface area contributed by atoms with E-state index >= 15 is 0 Å². The van der Waals surface area contributed by atoms with E-state index in [0.717, 1.165) is 17.0 Å². The Morgan fingerprint density at radius 1 is 1.17 bits per heavy atom. The summed E-state index contributed by atoms with van der Waals surface area (Å²) in [7, 11) is 0. The molecule has 2 aromatic rings. The number of hydrogen-bond donors (Lipinski definition) is 1. The fraction of sp³-hybridized carbons (Fsp3) is 0.400. The summed E-state index contributed by atoms with van der Waals surface area (Å²) in [5.41, 5.74) is 0.733. The van der Waals surface area contributed by atoms with Gasteiger partial charge >= 0.3 is 6.03 Å². The monoisotopic (exact) mass is 350 g/mol. The molecule has 0 bridgehead atoms. The van der Waals surface area contributed by atoms with Crippen molar-refractivity contribution in [1.82, 2.24) is 20.1 Å². The lowest BCUT2D eigenvalue weighted by Crippen LogP contribution is -2.42. The van der Waals surface area contributed by atoms with Gasteiger partial charge in [-0.25, -0.2) is 9.78 Å². The highest BCUT2D eigenvalue weighted by molar-refractivity contribution is 7.09. The lowest BCUT2D eigenvalue weighted by molar-refractivity contribution is 0.0763. The molecule has 0 unspecified atom stereocenters. The van der Waals surface area contributed by atoms with E-state index in [0.29, 0.717) is 32.7 Å². The molecule has 1 aliphatic rings. The van der Waals surface area contributed by atoms with Gasteiger partial charge < -0.3 is 15.1 Å². The van der Waals surface area contributed by atoms with Gasteiger partial charge in [-0.05, 0) is 17.9 Å². The molecule has 8 heteroatoms. The Morgan fingerprint density at radius 3 is 2.74 bits per heavy atom. The van der Waals surface area contributed by atoms with Gasteiger partial charge in [-0.3, -0.25) is 4.79 Å². The van der Waals surface area contributed by atoms with Crippen LogP contribution < -0.4 is 5.32 Å². The minimum absolute atomic E-state index is 0.0521. The van der Waals surface area contributed by atoms with E-state index in [1.807, 2.05) is 27.1 Å². The normalized spacial score (nSPS) is 15.3. The van der Waals surface area contributed by atoms with E-state index < -0.39 is 0 Å². The van der Waals surface area contributed by atoms with Crippen molar-refractivity contribution in [3.8, 4) is 0 Å². The molecule has 1 fully saturated rings. The number of nitrogens with one attached hydrogen (secondary N) is 1. The molecule has 1 saturated heterocycles. The molecule has 3 rings (SSSR count). The van der Waals surface area contributed by atoms with Crippen LogP contribution in [0.4, 0.5) is 4.79 Å². The second-order valence-electron chi connectivity index (χ2n) is 5.23. The number of thiazole rings is 1. The predicted molar refractivity (Wildman–Crippen MR) is 90.8 cm³/mol. The zero-order valence-corrected chi connectivity index (χ0v) is 14.2. The molecular weight excluding hydrogens is 332 g/mol. The SMILES string of the molecule is O=C(NCc1nccs1)N1CCCN(C(=O)c2ccsc2)CC1. The number of urea groups is 1. The van der Waals surface area contributed by atoms with E-state index in [9.17, 15) is 9.59 Å². The van der Waals surface area contributed by atoms with Crippen LogP contribution in [0, 0.1) is 0 Å². The van der Waals surface area contributed by atoms with E-state index in [4.69, 9.17) is 0 Å². The average Bonchev–Trinajstić information content (AvgIpc) is 3.22. The molecule has 23 heavy (non-hydrogen) atoms. The third-order valence-electron chi connectivity index (χ3n) is 3.71. The van der Waals surface area contributed by atoms with Crippen LogP contribution in [0.5, 0.6) is 0 Å². The van der Waals surface area contributed by atoms with Crippen LogP contribution in [0.25, 0.3) is 0 Å². The van der Waals surface area contributed by atoms with Crippen LogP contribution in [0.1, 0.15) is 21.8 Å². The molecule has 0 atom stereocenters. The Bertz CT molecular complexity index is 643. The van der Waals surface area contributed by atoms with Gasteiger partial charge in [0.25, 0.3) is 5.91 Å². The zero-order chi connectivity index (χ0) is 16.1. The molecule has 0 spiro atoms. The first kappa shape index (κ1) is 15.9. The number of hydrogen-bond acceptors (Lipinski definition) is 5. The zero-order valence-electron chi connectivity index (χ0n) is 12.6. The number of carbonyl (C=O) groups excluding carboxylic acids is 2. The van der Waals surface area contributed by atoms with Crippen molar-refractivity contribution in [1.29, 1.82) is 0 Å². The number of nitrogens with zero attached hydrogens (tertiary/aromatic N) is 3. The summed E-state index contributed by atoms with van der Waals surface area (Å²) < 4.78 is 0. The summed E-state index contributed by atoms with van der Waals surface area (Å²) >= 11 is 3.04. The van der Waals surface area contributed by atoms with Crippen molar-refractivity contribution in [2.75, 3.05) is 26.2 Å². The molecule has 0 aromatic carbocycles. The van der Waals surface area contributed by atoms with Crippen molar-refractivity contribution in [2.45, 2.75) is 13.0 Å². The van der Waals surface area contributed by atoms with Crippen LogP contribution in [0.15, 0.2) is 28.4 Å². The Hall–Kier alpha value is -1.93. The maximum atomic E-state index is 12.4. The minimum Gasteiger partial charge on any atom is -0.337 e. The molecule has 0 aliphatic carbocycles. The highest BCUT2D eigenvalue weighted by Gasteiger charge is 2.22. The summed E-state index contributed by atoms with van der Waals surface area (Å²) in [6.07, 6.45) is 2.52. The Morgan fingerprint density at radius 2 is 2.00 bits per heavy atom. The Kier molecular flexibility index (Phi) is 5.24. The Balaban J connectivity index is 1.51. The van der Waals surface area contributed by atoms with Crippen molar-refractivity contribution >= 4 is 34.6 Å². The summed E-state index contributed by atoms with van der Waals surface area (Å²) in [5.74, 6) is 0.0521. The maximum Gasteiger partial charge on any atom is 0.317 e. The van der Waals surface area contributed by atoms with E-state index in [2.05, 4.69) is 10.3 Å². The second kappa shape index (κ2) is 7.56. The van der Waals surface area contributed by atoms with Crippen LogP contribution in [0.2, 0.25) is 0 Å². The molecule has 2 aromatic heterocycles. The Labute approximate surface area is 142 Å². The van der Waals surface area contributed by atoms with Crippen molar-refractivity contribution in [3.63, 3.8) is 0 Å². The summed E-state index contributed by atoms with van der Waals surface area (Å²) in [6.45, 7) is 2.92. The molecular formula is C15H18N4O2S2. The molecule has 6 nitrogen and oxygen atoms in total. The molecule has 0 radical (unpaired) electrons. The van der Waals surface area contributed by atoms with Gasteiger partial charge in [0, 0.05) is 43.1 Å². The lowest BCUT2D eigenvalue weighted by Gasteiger charge is -2.22. The maximum absolute atomic E-state index is 12.4. The van der Waals surface area contributed by atoms with Gasteiger partial charge in [-0.1, -0.05) is 0 Å². The second-order valence-corrected chi connectivity index (χ2v) is 6.99. The fourth-order valence-electron chi connectivity index (χ4n) is 2.50. The van der Waals surface area contributed by atoms with Gasteiger partial charge in [-0.15, -0.1) is 11.3 Å². The summed E-state index contributed by atoms with van der Waals surface area (Å²) in [6, 6.07) is 1.75. The van der Waals surface area contributed by atoms with E-state index in [1.165, 1.54) is 22.7 Å². The molecule has 1 N–H and O–H groups in total. The molecule has 3 heterocycles. The number of amides is 3. The first-order valence-electron chi connectivity index (χ1n) is 7.46. The largest absolute Gasteiger partial charge is 0.337 e. The number of rotatable bonds is 3. The first-order chi connectivity index (χ1) is 11.2. The summed E-state index contributed by atoms with van der Waals surface area (Å²) in [4.78, 5) is 32.4. The smallest absolute Gasteiger partial charge is 0.317 e. The van der Waals surface area contributed by atoms with Gasteiger partial charge in [0.1, 0.15) is 5.01 Å². The van der Waals surface area contributed by atoms with Crippen molar-refractivity contribution < 1.29 is 9.59 Å². The molecule has 122 valence electrons. The molecule has 3 amide bonds. The molecule has 1 aliphatic heterocycles. The predicted octanol–water partition coefficient (Wildman–Crippen LogP) is 2.26. The van der Waals surface area contributed by atoms with Gasteiger partial charge in [0.05, 0.1) is 12.1 Å². The van der Waals surface area contributed by atoms with E-state index in [1.54, 1.807) is 11.1 Å². The van der Waals surface area contributed by atoms with Crippen molar-refractivity contribution in [3.05, 3.63) is 39.0 Å². The summed E-state index contributed by atoms with van der Waals surface area (Å²) in [5, 5.41) is 9.44. The minimum atomic E-state index is -0.0926. The standard InChI is InChI=1S/C15H18N4O2S2/c20-14(12-2-8-22-11-12)18-4-1-5-19(7-6-18)15(21)17-10-13-16-3-9-23-13/h2-3,8-9,11H,1,4-7,10H2,(H,17,21).